The lowest BCUT2D eigenvalue weighted by Gasteiger charge is -2.29. The first-order valence-electron chi connectivity index (χ1n) is 7.85. The summed E-state index contributed by atoms with van der Waals surface area (Å²) in [5, 5.41) is 8.61. The van der Waals surface area contributed by atoms with Gasteiger partial charge in [-0.15, -0.1) is 0 Å². The highest BCUT2D eigenvalue weighted by atomic mass is 16.2. The first-order chi connectivity index (χ1) is 10.1. The second-order valence-corrected chi connectivity index (χ2v) is 6.30. The molecule has 1 saturated carbocycles. The number of aryl methyl sites for hydroxylation is 1. The van der Waals surface area contributed by atoms with Crippen molar-refractivity contribution in [2.45, 2.75) is 52.1 Å². The summed E-state index contributed by atoms with van der Waals surface area (Å²) in [5.74, 6) is 0.652. The van der Waals surface area contributed by atoms with Crippen LogP contribution in [0.4, 0.5) is 0 Å². The van der Waals surface area contributed by atoms with Gasteiger partial charge >= 0.3 is 0 Å². The summed E-state index contributed by atoms with van der Waals surface area (Å²) in [6.45, 7) is 4.59. The van der Waals surface area contributed by atoms with Gasteiger partial charge in [-0.1, -0.05) is 31.9 Å². The van der Waals surface area contributed by atoms with E-state index in [1.807, 2.05) is 6.20 Å². The Labute approximate surface area is 125 Å². The molecule has 4 nitrogen and oxygen atoms in total. The summed E-state index contributed by atoms with van der Waals surface area (Å²) in [6, 6.07) is 6.53. The minimum Gasteiger partial charge on any atom is -0.351 e. The quantitative estimate of drug-likeness (QED) is 0.942. The third-order valence-electron chi connectivity index (χ3n) is 4.55. The Morgan fingerprint density at radius 3 is 3.00 bits per heavy atom. The number of nitrogens with one attached hydrogen (secondary N) is 1. The molecule has 1 heterocycles. The summed E-state index contributed by atoms with van der Waals surface area (Å²) < 4.78 is 1.80. The van der Waals surface area contributed by atoms with Gasteiger partial charge in [-0.2, -0.15) is 5.10 Å². The number of hydrogen-bond donors (Lipinski definition) is 1. The molecule has 1 aromatic carbocycles. The van der Waals surface area contributed by atoms with Crippen LogP contribution in [0.25, 0.3) is 10.9 Å². The van der Waals surface area contributed by atoms with E-state index in [-0.39, 0.29) is 5.91 Å². The zero-order valence-corrected chi connectivity index (χ0v) is 12.8. The van der Waals surface area contributed by atoms with Crippen LogP contribution in [0.2, 0.25) is 0 Å². The van der Waals surface area contributed by atoms with Gasteiger partial charge < -0.3 is 5.32 Å². The van der Waals surface area contributed by atoms with Gasteiger partial charge in [0.15, 0.2) is 0 Å². The van der Waals surface area contributed by atoms with Crippen LogP contribution < -0.4 is 5.32 Å². The second kappa shape index (κ2) is 5.88. The number of carbonyl (C=O) groups is 1. The molecule has 1 amide bonds. The molecule has 2 unspecified atom stereocenters. The van der Waals surface area contributed by atoms with Crippen molar-refractivity contribution >= 4 is 16.8 Å². The van der Waals surface area contributed by atoms with Crippen molar-refractivity contribution in [1.82, 2.24) is 15.1 Å². The molecule has 0 bridgehead atoms. The van der Waals surface area contributed by atoms with Gasteiger partial charge in [0.1, 0.15) is 6.54 Å². The molecule has 3 rings (SSSR count). The molecular formula is C17H23N3O. The van der Waals surface area contributed by atoms with Crippen molar-refractivity contribution in [2.24, 2.45) is 5.92 Å². The number of hydrogen-bond acceptors (Lipinski definition) is 2. The molecule has 2 aromatic rings. The van der Waals surface area contributed by atoms with Crippen molar-refractivity contribution in [3.05, 3.63) is 30.0 Å². The third-order valence-corrected chi connectivity index (χ3v) is 4.55. The van der Waals surface area contributed by atoms with E-state index < -0.39 is 0 Å². The summed E-state index contributed by atoms with van der Waals surface area (Å²) in [5.41, 5.74) is 2.22. The van der Waals surface area contributed by atoms with Crippen LogP contribution in [-0.2, 0) is 11.3 Å². The Balaban J connectivity index is 1.70. The average molecular weight is 285 g/mol. The van der Waals surface area contributed by atoms with Crippen molar-refractivity contribution in [1.29, 1.82) is 0 Å². The summed E-state index contributed by atoms with van der Waals surface area (Å²) in [6.07, 6.45) is 6.65. The van der Waals surface area contributed by atoms with E-state index in [0.29, 0.717) is 18.5 Å². The van der Waals surface area contributed by atoms with E-state index in [4.69, 9.17) is 0 Å². The van der Waals surface area contributed by atoms with E-state index in [1.165, 1.54) is 24.8 Å². The molecule has 0 spiro atoms. The fraction of sp³-hybridized carbons (Fsp3) is 0.529. The number of fused-ring (bicyclic) bond motifs is 1. The van der Waals surface area contributed by atoms with E-state index in [9.17, 15) is 4.79 Å². The highest BCUT2D eigenvalue weighted by Crippen LogP contribution is 2.23. The first-order valence-corrected chi connectivity index (χ1v) is 7.85. The first kappa shape index (κ1) is 14.1. The Hall–Kier alpha value is -1.84. The number of carbonyl (C=O) groups excluding carboxylic acids is 1. The van der Waals surface area contributed by atoms with Crippen LogP contribution >= 0.6 is 0 Å². The molecule has 1 fully saturated rings. The largest absolute Gasteiger partial charge is 0.351 e. The lowest BCUT2D eigenvalue weighted by Crippen LogP contribution is -2.42. The van der Waals surface area contributed by atoms with Gasteiger partial charge in [-0.25, -0.2) is 0 Å². The minimum atomic E-state index is 0.0697. The van der Waals surface area contributed by atoms with Crippen LogP contribution in [0.15, 0.2) is 24.4 Å². The van der Waals surface area contributed by atoms with Crippen LogP contribution in [0.3, 0.4) is 0 Å². The van der Waals surface area contributed by atoms with E-state index in [1.54, 1.807) is 4.68 Å². The normalized spacial score (nSPS) is 22.4. The highest BCUT2D eigenvalue weighted by Gasteiger charge is 2.23. The SMILES string of the molecule is Cc1ccc2cnn(CC(=O)NC3CCCCC3C)c2c1. The molecule has 1 aromatic heterocycles. The maximum atomic E-state index is 12.3. The molecule has 4 heteroatoms. The fourth-order valence-electron chi connectivity index (χ4n) is 3.23. The molecule has 21 heavy (non-hydrogen) atoms. The van der Waals surface area contributed by atoms with Gasteiger partial charge in [0.05, 0.1) is 11.7 Å². The monoisotopic (exact) mass is 285 g/mol. The Morgan fingerprint density at radius 1 is 1.38 bits per heavy atom. The maximum absolute atomic E-state index is 12.3. The van der Waals surface area contributed by atoms with E-state index in [2.05, 4.69) is 42.5 Å². The third kappa shape index (κ3) is 3.09. The Bertz CT molecular complexity index is 647. The van der Waals surface area contributed by atoms with Crippen molar-refractivity contribution in [3.63, 3.8) is 0 Å². The van der Waals surface area contributed by atoms with Crippen LogP contribution in [0.1, 0.15) is 38.2 Å². The zero-order chi connectivity index (χ0) is 14.8. The molecule has 2 atom stereocenters. The second-order valence-electron chi connectivity index (χ2n) is 6.30. The molecule has 0 saturated heterocycles. The van der Waals surface area contributed by atoms with Gasteiger partial charge in [0, 0.05) is 11.4 Å². The standard InChI is InChI=1S/C17H23N3O/c1-12-7-8-14-10-18-20(16(14)9-12)11-17(21)19-15-6-4-3-5-13(15)2/h7-10,13,15H,3-6,11H2,1-2H3,(H,19,21). The van der Waals surface area contributed by atoms with E-state index >= 15 is 0 Å². The molecule has 0 aliphatic heterocycles. The van der Waals surface area contributed by atoms with Crippen molar-refractivity contribution < 1.29 is 4.79 Å². The highest BCUT2D eigenvalue weighted by molar-refractivity contribution is 5.82. The van der Waals surface area contributed by atoms with Gasteiger partial charge in [-0.05, 0) is 37.3 Å². The molecule has 1 aliphatic rings. The van der Waals surface area contributed by atoms with Crippen molar-refractivity contribution in [2.75, 3.05) is 0 Å². The van der Waals surface area contributed by atoms with Gasteiger partial charge in [-0.3, -0.25) is 9.48 Å². The molecular weight excluding hydrogens is 262 g/mol. The molecule has 0 radical (unpaired) electrons. The number of amides is 1. The summed E-state index contributed by atoms with van der Waals surface area (Å²) in [7, 11) is 0. The van der Waals surface area contributed by atoms with Crippen LogP contribution in [0.5, 0.6) is 0 Å². The number of benzene rings is 1. The average Bonchev–Trinajstić information content (AvgIpc) is 2.84. The Kier molecular flexibility index (Phi) is 3.95. The summed E-state index contributed by atoms with van der Waals surface area (Å²) >= 11 is 0. The minimum absolute atomic E-state index is 0.0697. The summed E-state index contributed by atoms with van der Waals surface area (Å²) in [4.78, 5) is 12.3. The Morgan fingerprint density at radius 2 is 2.19 bits per heavy atom. The van der Waals surface area contributed by atoms with E-state index in [0.717, 1.165) is 17.3 Å². The fourth-order valence-corrected chi connectivity index (χ4v) is 3.23. The lowest BCUT2D eigenvalue weighted by molar-refractivity contribution is -0.123. The number of rotatable bonds is 3. The molecule has 1 aliphatic carbocycles. The topological polar surface area (TPSA) is 46.9 Å². The predicted molar refractivity (Wildman–Crippen MR) is 84.0 cm³/mol. The van der Waals surface area contributed by atoms with Gasteiger partial charge in [0.2, 0.25) is 5.91 Å². The van der Waals surface area contributed by atoms with Crippen LogP contribution in [-0.4, -0.2) is 21.7 Å². The van der Waals surface area contributed by atoms with Gasteiger partial charge in [0.25, 0.3) is 0 Å². The lowest BCUT2D eigenvalue weighted by atomic mass is 9.86. The predicted octanol–water partition coefficient (Wildman–Crippen LogP) is 3.04. The zero-order valence-electron chi connectivity index (χ0n) is 12.8. The molecule has 1 N–H and O–H groups in total. The van der Waals surface area contributed by atoms with Crippen LogP contribution in [0, 0.1) is 12.8 Å². The number of nitrogens with zero attached hydrogens (tertiary/aromatic N) is 2. The maximum Gasteiger partial charge on any atom is 0.241 e. The van der Waals surface area contributed by atoms with Crippen molar-refractivity contribution in [3.8, 4) is 0 Å². The number of aromatic nitrogens is 2. The smallest absolute Gasteiger partial charge is 0.241 e. The molecule has 112 valence electrons.